The van der Waals surface area contributed by atoms with Gasteiger partial charge >= 0.3 is 0 Å². The highest BCUT2D eigenvalue weighted by Gasteiger charge is 1.91. The van der Waals surface area contributed by atoms with E-state index in [0.29, 0.717) is 0 Å². The van der Waals surface area contributed by atoms with Crippen LogP contribution in [0.5, 0.6) is 0 Å². The van der Waals surface area contributed by atoms with E-state index in [1.807, 2.05) is 73.1 Å². The summed E-state index contributed by atoms with van der Waals surface area (Å²) in [7, 11) is 0. The van der Waals surface area contributed by atoms with Crippen molar-refractivity contribution < 1.29 is 0 Å². The number of hydrogen-bond acceptors (Lipinski definition) is 2. The van der Waals surface area contributed by atoms with E-state index in [9.17, 15) is 0 Å². The molecule has 0 bridgehead atoms. The largest absolute Gasteiger partial charge is 0.362 e. The number of nitrogens with one attached hydrogen (secondary N) is 2. The van der Waals surface area contributed by atoms with Gasteiger partial charge in [-0.05, 0) is 47.5 Å². The predicted octanol–water partition coefficient (Wildman–Crippen LogP) is 5.85. The topological polar surface area (TPSA) is 24.1 Å². The second kappa shape index (κ2) is 8.39. The lowest BCUT2D eigenvalue weighted by Gasteiger charge is -2.04. The molecule has 2 heteroatoms. The Hall–Kier alpha value is -3.26. The van der Waals surface area contributed by atoms with Gasteiger partial charge in [0.25, 0.3) is 0 Å². The summed E-state index contributed by atoms with van der Waals surface area (Å²) in [5, 5.41) is 6.55. The van der Waals surface area contributed by atoms with Gasteiger partial charge in [0.2, 0.25) is 0 Å². The van der Waals surface area contributed by atoms with Gasteiger partial charge in [0.05, 0.1) is 0 Å². The van der Waals surface area contributed by atoms with E-state index in [0.717, 1.165) is 11.4 Å². The van der Waals surface area contributed by atoms with Gasteiger partial charge in [-0.15, -0.1) is 0 Å². The first-order chi connectivity index (χ1) is 11.9. The molecule has 3 rings (SSSR count). The van der Waals surface area contributed by atoms with E-state index in [1.165, 1.54) is 11.1 Å². The van der Waals surface area contributed by atoms with Crippen molar-refractivity contribution in [2.75, 3.05) is 10.6 Å². The van der Waals surface area contributed by atoms with Crippen molar-refractivity contribution >= 4 is 23.5 Å². The Bertz CT molecular complexity index is 718. The molecule has 0 aromatic heterocycles. The van der Waals surface area contributed by atoms with E-state index in [1.54, 1.807) is 0 Å². The molecule has 2 nitrogen and oxygen atoms in total. The van der Waals surface area contributed by atoms with Gasteiger partial charge < -0.3 is 10.6 Å². The summed E-state index contributed by atoms with van der Waals surface area (Å²) in [6, 6.07) is 28.6. The zero-order valence-corrected chi connectivity index (χ0v) is 13.4. The lowest BCUT2D eigenvalue weighted by Crippen LogP contribution is -1.90. The van der Waals surface area contributed by atoms with Crippen LogP contribution >= 0.6 is 0 Å². The molecule has 118 valence electrons. The molecule has 0 spiro atoms. The minimum absolute atomic E-state index is 1.06. The van der Waals surface area contributed by atoms with Crippen molar-refractivity contribution in [3.05, 3.63) is 108 Å². The molecule has 0 amide bonds. The molecule has 3 aromatic rings. The first kappa shape index (κ1) is 15.6. The third-order valence-corrected chi connectivity index (χ3v) is 3.54. The third-order valence-electron chi connectivity index (χ3n) is 3.54. The molecule has 0 saturated carbocycles. The second-order valence-corrected chi connectivity index (χ2v) is 5.35. The zero-order chi connectivity index (χ0) is 16.5. The maximum Gasteiger partial charge on any atom is 0.0381 e. The van der Waals surface area contributed by atoms with Crippen LogP contribution in [-0.4, -0.2) is 0 Å². The SMILES string of the molecule is C(=C\c1ccccc1)/Nc1ccc(N/C=C/c2ccccc2)cc1. The fraction of sp³-hybridized carbons (Fsp3) is 0. The number of benzene rings is 3. The van der Waals surface area contributed by atoms with Crippen LogP contribution in [0, 0.1) is 0 Å². The maximum atomic E-state index is 3.28. The van der Waals surface area contributed by atoms with E-state index in [4.69, 9.17) is 0 Å². The van der Waals surface area contributed by atoms with E-state index >= 15 is 0 Å². The molecular weight excluding hydrogens is 292 g/mol. The van der Waals surface area contributed by atoms with Gasteiger partial charge in [0.15, 0.2) is 0 Å². The molecule has 0 saturated heterocycles. The second-order valence-electron chi connectivity index (χ2n) is 5.35. The van der Waals surface area contributed by atoms with Crippen molar-refractivity contribution in [2.24, 2.45) is 0 Å². The minimum atomic E-state index is 1.06. The summed E-state index contributed by atoms with van der Waals surface area (Å²) in [4.78, 5) is 0. The molecular formula is C22H20N2. The molecule has 0 radical (unpaired) electrons. The third kappa shape index (κ3) is 4.89. The highest BCUT2D eigenvalue weighted by Crippen LogP contribution is 2.14. The summed E-state index contributed by atoms with van der Waals surface area (Å²) < 4.78 is 0. The average Bonchev–Trinajstić information content (AvgIpc) is 2.65. The zero-order valence-electron chi connectivity index (χ0n) is 13.4. The Morgan fingerprint density at radius 2 is 0.833 bits per heavy atom. The number of rotatable bonds is 6. The van der Waals surface area contributed by atoms with Crippen LogP contribution in [0.1, 0.15) is 11.1 Å². The summed E-state index contributed by atoms with van der Waals surface area (Å²) in [5.41, 5.74) is 4.46. The van der Waals surface area contributed by atoms with Crippen molar-refractivity contribution in [2.45, 2.75) is 0 Å². The Morgan fingerprint density at radius 3 is 1.21 bits per heavy atom. The predicted molar refractivity (Wildman–Crippen MR) is 105 cm³/mol. The first-order valence-corrected chi connectivity index (χ1v) is 7.96. The fourth-order valence-corrected chi connectivity index (χ4v) is 2.26. The minimum Gasteiger partial charge on any atom is -0.362 e. The van der Waals surface area contributed by atoms with E-state index < -0.39 is 0 Å². The van der Waals surface area contributed by atoms with Crippen molar-refractivity contribution in [1.82, 2.24) is 0 Å². The summed E-state index contributed by atoms with van der Waals surface area (Å²) >= 11 is 0. The highest BCUT2D eigenvalue weighted by molar-refractivity contribution is 5.60. The molecule has 0 fully saturated rings. The quantitative estimate of drug-likeness (QED) is 0.596. The molecule has 3 aromatic carbocycles. The van der Waals surface area contributed by atoms with Crippen molar-refractivity contribution in [3.8, 4) is 0 Å². The highest BCUT2D eigenvalue weighted by atomic mass is 14.9. The summed E-state index contributed by atoms with van der Waals surface area (Å²) in [5.74, 6) is 0. The first-order valence-electron chi connectivity index (χ1n) is 7.96. The monoisotopic (exact) mass is 312 g/mol. The number of anilines is 2. The smallest absolute Gasteiger partial charge is 0.0381 e. The Labute approximate surface area is 143 Å². The molecule has 0 unspecified atom stereocenters. The van der Waals surface area contributed by atoms with Crippen LogP contribution in [0.25, 0.3) is 12.2 Å². The van der Waals surface area contributed by atoms with Gasteiger partial charge in [-0.2, -0.15) is 0 Å². The van der Waals surface area contributed by atoms with Gasteiger partial charge in [-0.25, -0.2) is 0 Å². The van der Waals surface area contributed by atoms with E-state index in [2.05, 4.69) is 47.1 Å². The van der Waals surface area contributed by atoms with Crippen LogP contribution in [0.4, 0.5) is 11.4 Å². The molecule has 2 N–H and O–H groups in total. The Kier molecular flexibility index (Phi) is 5.47. The van der Waals surface area contributed by atoms with Crippen LogP contribution < -0.4 is 10.6 Å². The van der Waals surface area contributed by atoms with Gasteiger partial charge in [-0.1, -0.05) is 60.7 Å². The number of hydrogen-bond donors (Lipinski definition) is 2. The standard InChI is InChI=1S/C22H20N2/c1-3-7-19(8-4-1)15-17-23-21-11-13-22(14-12-21)24-18-16-20-9-5-2-6-10-20/h1-18,23-24H/b17-15+,18-16+. The van der Waals surface area contributed by atoms with Crippen molar-refractivity contribution in [3.63, 3.8) is 0 Å². The summed E-state index contributed by atoms with van der Waals surface area (Å²) in [6.45, 7) is 0. The normalized spacial score (nSPS) is 11.0. The van der Waals surface area contributed by atoms with Crippen LogP contribution in [-0.2, 0) is 0 Å². The average molecular weight is 312 g/mol. The Morgan fingerprint density at radius 1 is 0.458 bits per heavy atom. The van der Waals surface area contributed by atoms with Crippen LogP contribution in [0.2, 0.25) is 0 Å². The van der Waals surface area contributed by atoms with Gasteiger partial charge in [0, 0.05) is 23.8 Å². The van der Waals surface area contributed by atoms with Crippen LogP contribution in [0.15, 0.2) is 97.3 Å². The molecule has 0 aliphatic heterocycles. The fourth-order valence-electron chi connectivity index (χ4n) is 2.26. The Balaban J connectivity index is 1.52. The lowest BCUT2D eigenvalue weighted by atomic mass is 10.2. The maximum absolute atomic E-state index is 3.28. The molecule has 0 heterocycles. The van der Waals surface area contributed by atoms with E-state index in [-0.39, 0.29) is 0 Å². The van der Waals surface area contributed by atoms with Crippen LogP contribution in [0.3, 0.4) is 0 Å². The van der Waals surface area contributed by atoms with Gasteiger partial charge in [-0.3, -0.25) is 0 Å². The molecule has 0 aliphatic rings. The molecule has 24 heavy (non-hydrogen) atoms. The molecule has 0 atom stereocenters. The molecule has 0 aliphatic carbocycles. The van der Waals surface area contributed by atoms with Gasteiger partial charge in [0.1, 0.15) is 0 Å². The van der Waals surface area contributed by atoms with Crippen molar-refractivity contribution in [1.29, 1.82) is 0 Å². The lowest BCUT2D eigenvalue weighted by molar-refractivity contribution is 1.54. The summed E-state index contributed by atoms with van der Waals surface area (Å²) in [6.07, 6.45) is 8.00.